The number of halogens is 1. The van der Waals surface area contributed by atoms with Crippen molar-refractivity contribution in [3.05, 3.63) is 65.2 Å². The van der Waals surface area contributed by atoms with E-state index >= 15 is 0 Å². The highest BCUT2D eigenvalue weighted by atomic mass is 35.5. The van der Waals surface area contributed by atoms with Gasteiger partial charge in [-0.1, -0.05) is 48.5 Å². The number of hydrogen-bond acceptors (Lipinski definition) is 1. The lowest BCUT2D eigenvalue weighted by Crippen LogP contribution is -1.99. The molecule has 0 atom stereocenters. The van der Waals surface area contributed by atoms with Crippen LogP contribution in [0.1, 0.15) is 16.7 Å². The molecule has 17 heavy (non-hydrogen) atoms. The zero-order valence-electron chi connectivity index (χ0n) is 9.82. The van der Waals surface area contributed by atoms with Gasteiger partial charge in [-0.3, -0.25) is 0 Å². The first kappa shape index (κ1) is 12.0. The summed E-state index contributed by atoms with van der Waals surface area (Å²) < 4.78 is 5.86. The van der Waals surface area contributed by atoms with Crippen molar-refractivity contribution in [2.24, 2.45) is 0 Å². The fourth-order valence-electron chi connectivity index (χ4n) is 1.75. The molecule has 0 aromatic heterocycles. The van der Waals surface area contributed by atoms with E-state index in [4.69, 9.17) is 16.3 Å². The van der Waals surface area contributed by atoms with Crippen LogP contribution in [-0.2, 0) is 12.5 Å². The Hall–Kier alpha value is -1.47. The Balaban J connectivity index is 2.14. The van der Waals surface area contributed by atoms with Gasteiger partial charge in [0.05, 0.1) is 5.88 Å². The van der Waals surface area contributed by atoms with E-state index < -0.39 is 0 Å². The molecule has 0 spiro atoms. The van der Waals surface area contributed by atoms with Crippen LogP contribution in [0.4, 0.5) is 0 Å². The lowest BCUT2D eigenvalue weighted by atomic mass is 10.1. The molecular weight excluding hydrogens is 232 g/mol. The molecule has 0 aliphatic heterocycles. The Morgan fingerprint density at radius 2 is 1.76 bits per heavy atom. The standard InChI is InChI=1S/C15H15ClO/c1-12-6-5-9-14(10-16)15(12)17-11-13-7-3-2-4-8-13/h2-9H,10-11H2,1H3. The zero-order chi connectivity index (χ0) is 12.1. The van der Waals surface area contributed by atoms with Gasteiger partial charge in [0.2, 0.25) is 0 Å². The van der Waals surface area contributed by atoms with Crippen LogP contribution in [0.3, 0.4) is 0 Å². The first-order chi connectivity index (χ1) is 8.31. The number of para-hydroxylation sites is 1. The van der Waals surface area contributed by atoms with Crippen molar-refractivity contribution >= 4 is 11.6 Å². The Morgan fingerprint density at radius 3 is 2.47 bits per heavy atom. The third kappa shape index (κ3) is 3.01. The molecule has 0 fully saturated rings. The minimum absolute atomic E-state index is 0.478. The molecule has 0 radical (unpaired) electrons. The van der Waals surface area contributed by atoms with Gasteiger partial charge >= 0.3 is 0 Å². The van der Waals surface area contributed by atoms with Crippen molar-refractivity contribution in [3.63, 3.8) is 0 Å². The summed E-state index contributed by atoms with van der Waals surface area (Å²) in [6.07, 6.45) is 0. The van der Waals surface area contributed by atoms with Crippen LogP contribution >= 0.6 is 11.6 Å². The number of ether oxygens (including phenoxy) is 1. The third-order valence-corrected chi connectivity index (χ3v) is 2.95. The Labute approximate surface area is 107 Å². The highest BCUT2D eigenvalue weighted by molar-refractivity contribution is 6.17. The summed E-state index contributed by atoms with van der Waals surface area (Å²) in [4.78, 5) is 0. The molecule has 1 nitrogen and oxygen atoms in total. The summed E-state index contributed by atoms with van der Waals surface area (Å²) in [5.41, 5.74) is 3.33. The molecule has 2 aromatic rings. The van der Waals surface area contributed by atoms with Gasteiger partial charge in [-0.25, -0.2) is 0 Å². The quantitative estimate of drug-likeness (QED) is 0.731. The van der Waals surface area contributed by atoms with Crippen LogP contribution in [0, 0.1) is 6.92 Å². The van der Waals surface area contributed by atoms with Crippen LogP contribution in [0.15, 0.2) is 48.5 Å². The monoisotopic (exact) mass is 246 g/mol. The van der Waals surface area contributed by atoms with Crippen LogP contribution in [0.5, 0.6) is 5.75 Å². The summed E-state index contributed by atoms with van der Waals surface area (Å²) in [7, 11) is 0. The van der Waals surface area contributed by atoms with Crippen molar-refractivity contribution in [3.8, 4) is 5.75 Å². The van der Waals surface area contributed by atoms with Gasteiger partial charge in [0.25, 0.3) is 0 Å². The number of rotatable bonds is 4. The van der Waals surface area contributed by atoms with E-state index in [-0.39, 0.29) is 0 Å². The van der Waals surface area contributed by atoms with Crippen LogP contribution < -0.4 is 4.74 Å². The molecule has 0 bridgehead atoms. The molecule has 2 heteroatoms. The van der Waals surface area contributed by atoms with Gasteiger partial charge in [-0.15, -0.1) is 11.6 Å². The van der Waals surface area contributed by atoms with E-state index in [0.717, 1.165) is 22.4 Å². The van der Waals surface area contributed by atoms with Gasteiger partial charge in [0, 0.05) is 5.56 Å². The Bertz CT molecular complexity index is 480. The summed E-state index contributed by atoms with van der Waals surface area (Å²) >= 11 is 5.91. The van der Waals surface area contributed by atoms with Crippen LogP contribution in [0.2, 0.25) is 0 Å². The molecule has 0 unspecified atom stereocenters. The topological polar surface area (TPSA) is 9.23 Å². The highest BCUT2D eigenvalue weighted by Crippen LogP contribution is 2.25. The summed E-state index contributed by atoms with van der Waals surface area (Å²) in [6.45, 7) is 2.62. The molecule has 0 N–H and O–H groups in total. The van der Waals surface area contributed by atoms with Gasteiger partial charge in [-0.2, -0.15) is 0 Å². The second-order valence-electron chi connectivity index (χ2n) is 3.97. The lowest BCUT2D eigenvalue weighted by Gasteiger charge is -2.12. The summed E-state index contributed by atoms with van der Waals surface area (Å²) in [6, 6.07) is 16.2. The van der Waals surface area contributed by atoms with E-state index in [2.05, 4.69) is 12.1 Å². The second-order valence-corrected chi connectivity index (χ2v) is 4.24. The fourth-order valence-corrected chi connectivity index (χ4v) is 1.97. The maximum Gasteiger partial charge on any atom is 0.127 e. The molecule has 0 aliphatic carbocycles. The fraction of sp³-hybridized carbons (Fsp3) is 0.200. The maximum absolute atomic E-state index is 5.91. The highest BCUT2D eigenvalue weighted by Gasteiger charge is 2.05. The average Bonchev–Trinajstić information content (AvgIpc) is 2.38. The summed E-state index contributed by atoms with van der Waals surface area (Å²) in [5.74, 6) is 1.39. The number of alkyl halides is 1. The predicted molar refractivity (Wildman–Crippen MR) is 71.5 cm³/mol. The Morgan fingerprint density at radius 1 is 1.00 bits per heavy atom. The van der Waals surface area contributed by atoms with Crippen molar-refractivity contribution in [2.45, 2.75) is 19.4 Å². The second kappa shape index (κ2) is 5.74. The first-order valence-electron chi connectivity index (χ1n) is 5.62. The van der Waals surface area contributed by atoms with Crippen molar-refractivity contribution in [2.75, 3.05) is 0 Å². The molecule has 0 saturated carbocycles. The largest absolute Gasteiger partial charge is 0.488 e. The maximum atomic E-state index is 5.91. The van der Waals surface area contributed by atoms with E-state index in [1.807, 2.05) is 43.3 Å². The molecule has 0 saturated heterocycles. The number of benzene rings is 2. The minimum Gasteiger partial charge on any atom is -0.488 e. The van der Waals surface area contributed by atoms with E-state index in [0.29, 0.717) is 12.5 Å². The van der Waals surface area contributed by atoms with Crippen molar-refractivity contribution < 1.29 is 4.74 Å². The molecule has 0 heterocycles. The van der Waals surface area contributed by atoms with Gasteiger partial charge in [0.15, 0.2) is 0 Å². The molecule has 2 rings (SSSR count). The van der Waals surface area contributed by atoms with E-state index in [9.17, 15) is 0 Å². The van der Waals surface area contributed by atoms with Gasteiger partial charge in [-0.05, 0) is 18.1 Å². The van der Waals surface area contributed by atoms with Gasteiger partial charge in [0.1, 0.15) is 12.4 Å². The Kier molecular flexibility index (Phi) is 4.05. The molecule has 2 aromatic carbocycles. The van der Waals surface area contributed by atoms with E-state index in [1.54, 1.807) is 0 Å². The number of aryl methyl sites for hydroxylation is 1. The van der Waals surface area contributed by atoms with E-state index in [1.165, 1.54) is 0 Å². The molecular formula is C15H15ClO. The van der Waals surface area contributed by atoms with Crippen LogP contribution in [0.25, 0.3) is 0 Å². The van der Waals surface area contributed by atoms with Crippen molar-refractivity contribution in [1.29, 1.82) is 0 Å². The minimum atomic E-state index is 0.478. The normalized spacial score (nSPS) is 10.2. The van der Waals surface area contributed by atoms with Gasteiger partial charge < -0.3 is 4.74 Å². The summed E-state index contributed by atoms with van der Waals surface area (Å²) in [5, 5.41) is 0. The first-order valence-corrected chi connectivity index (χ1v) is 6.16. The molecule has 0 aliphatic rings. The lowest BCUT2D eigenvalue weighted by molar-refractivity contribution is 0.301. The zero-order valence-corrected chi connectivity index (χ0v) is 10.6. The van der Waals surface area contributed by atoms with Crippen molar-refractivity contribution in [1.82, 2.24) is 0 Å². The molecule has 0 amide bonds. The predicted octanol–water partition coefficient (Wildman–Crippen LogP) is 4.31. The SMILES string of the molecule is Cc1cccc(CCl)c1OCc1ccccc1. The number of hydrogen-bond donors (Lipinski definition) is 0. The average molecular weight is 247 g/mol. The smallest absolute Gasteiger partial charge is 0.127 e. The van der Waals surface area contributed by atoms with Crippen LogP contribution in [-0.4, -0.2) is 0 Å². The molecule has 88 valence electrons. The third-order valence-electron chi connectivity index (χ3n) is 2.66.